The first kappa shape index (κ1) is 17.2. The highest BCUT2D eigenvalue weighted by atomic mass is 35.5. The zero-order chi connectivity index (χ0) is 17.1. The molecule has 1 heterocycles. The molecule has 0 aliphatic carbocycles. The van der Waals surface area contributed by atoms with Gasteiger partial charge in [-0.3, -0.25) is 4.79 Å². The summed E-state index contributed by atoms with van der Waals surface area (Å²) in [6.07, 6.45) is 2.83. The van der Waals surface area contributed by atoms with Crippen molar-refractivity contribution in [2.75, 3.05) is 7.11 Å². The van der Waals surface area contributed by atoms with E-state index in [0.29, 0.717) is 17.0 Å². The van der Waals surface area contributed by atoms with Gasteiger partial charge in [0.15, 0.2) is 0 Å². The minimum absolute atomic E-state index is 0.185. The number of hydrogen-bond donors (Lipinski definition) is 0. The predicted octanol–water partition coefficient (Wildman–Crippen LogP) is 3.68. The highest BCUT2D eigenvalue weighted by molar-refractivity contribution is 6.39. The van der Waals surface area contributed by atoms with Crippen molar-refractivity contribution in [1.29, 1.82) is 0 Å². The molecule has 1 aromatic carbocycles. The number of rotatable bonds is 3. The number of nitrogens with zero attached hydrogens (tertiary/aromatic N) is 2. The zero-order valence-corrected chi connectivity index (χ0v) is 14.3. The predicted molar refractivity (Wildman–Crippen MR) is 88.9 cm³/mol. The van der Waals surface area contributed by atoms with Crippen molar-refractivity contribution < 1.29 is 14.3 Å². The van der Waals surface area contributed by atoms with E-state index in [1.807, 2.05) is 0 Å². The lowest BCUT2D eigenvalue weighted by Crippen LogP contribution is -2.16. The molecule has 23 heavy (non-hydrogen) atoms. The van der Waals surface area contributed by atoms with Crippen LogP contribution in [0.1, 0.15) is 27.3 Å². The van der Waals surface area contributed by atoms with E-state index in [0.717, 1.165) is 0 Å². The highest BCUT2D eigenvalue weighted by Gasteiger charge is 2.21. The van der Waals surface area contributed by atoms with Gasteiger partial charge in [0, 0.05) is 11.6 Å². The second kappa shape index (κ2) is 6.98. The van der Waals surface area contributed by atoms with Crippen LogP contribution in [-0.4, -0.2) is 28.8 Å². The fourth-order valence-corrected chi connectivity index (χ4v) is 2.68. The number of aromatic nitrogens is 2. The van der Waals surface area contributed by atoms with Gasteiger partial charge in [-0.05, 0) is 32.1 Å². The summed E-state index contributed by atoms with van der Waals surface area (Å²) in [6, 6.07) is 4.84. The molecule has 0 N–H and O–H groups in total. The van der Waals surface area contributed by atoms with Gasteiger partial charge >= 0.3 is 5.97 Å². The largest absolute Gasteiger partial charge is 0.466 e. The summed E-state index contributed by atoms with van der Waals surface area (Å²) in [5.74, 6) is -0.920. The first-order valence-electron chi connectivity index (χ1n) is 6.67. The number of hydrogen-bond acceptors (Lipinski definition) is 4. The molecule has 0 aliphatic heterocycles. The van der Waals surface area contributed by atoms with E-state index >= 15 is 0 Å². The molecule has 0 saturated heterocycles. The van der Waals surface area contributed by atoms with Crippen LogP contribution in [0.15, 0.2) is 24.3 Å². The Labute approximate surface area is 143 Å². The first-order chi connectivity index (χ1) is 10.9. The Balaban J connectivity index is 2.48. The van der Waals surface area contributed by atoms with Gasteiger partial charge in [0.05, 0.1) is 34.1 Å². The van der Waals surface area contributed by atoms with Crippen molar-refractivity contribution in [1.82, 2.24) is 9.78 Å². The van der Waals surface area contributed by atoms with Gasteiger partial charge in [-0.25, -0.2) is 9.48 Å². The Morgan fingerprint density at radius 2 is 1.83 bits per heavy atom. The van der Waals surface area contributed by atoms with Crippen LogP contribution < -0.4 is 0 Å². The van der Waals surface area contributed by atoms with Crippen molar-refractivity contribution in [2.24, 2.45) is 0 Å². The Kier molecular flexibility index (Phi) is 5.23. The van der Waals surface area contributed by atoms with Gasteiger partial charge in [0.2, 0.25) is 0 Å². The first-order valence-corrected chi connectivity index (χ1v) is 7.43. The minimum atomic E-state index is -0.489. The lowest BCUT2D eigenvalue weighted by Gasteiger charge is -2.07. The van der Waals surface area contributed by atoms with Crippen molar-refractivity contribution in [3.63, 3.8) is 0 Å². The summed E-state index contributed by atoms with van der Waals surface area (Å²) >= 11 is 12.1. The lowest BCUT2D eigenvalue weighted by atomic mass is 10.1. The smallest absolute Gasteiger partial charge is 0.330 e. The van der Waals surface area contributed by atoms with E-state index in [-0.39, 0.29) is 15.6 Å². The summed E-state index contributed by atoms with van der Waals surface area (Å²) in [7, 11) is 1.29. The summed E-state index contributed by atoms with van der Waals surface area (Å²) < 4.78 is 5.77. The summed E-state index contributed by atoms with van der Waals surface area (Å²) in [4.78, 5) is 23.9. The molecular formula is C16H14Cl2N2O3. The molecule has 0 atom stereocenters. The van der Waals surface area contributed by atoms with Crippen molar-refractivity contribution in [2.45, 2.75) is 13.8 Å². The van der Waals surface area contributed by atoms with Crippen LogP contribution in [0.25, 0.3) is 6.08 Å². The van der Waals surface area contributed by atoms with Crippen molar-refractivity contribution in [3.05, 3.63) is 56.8 Å². The molecule has 1 aromatic heterocycles. The summed E-state index contributed by atoms with van der Waals surface area (Å²) in [5, 5.41) is 4.72. The molecule has 0 aliphatic rings. The monoisotopic (exact) mass is 352 g/mol. The molecule has 0 radical (unpaired) electrons. The Morgan fingerprint density at radius 1 is 1.22 bits per heavy atom. The minimum Gasteiger partial charge on any atom is -0.466 e. The molecular weight excluding hydrogens is 339 g/mol. The quantitative estimate of drug-likeness (QED) is 0.624. The molecule has 0 fully saturated rings. The fraction of sp³-hybridized carbons (Fsp3) is 0.188. The fourth-order valence-electron chi connectivity index (χ4n) is 2.12. The van der Waals surface area contributed by atoms with Crippen LogP contribution in [0, 0.1) is 13.8 Å². The van der Waals surface area contributed by atoms with Gasteiger partial charge in [-0.2, -0.15) is 5.10 Å². The SMILES string of the molecule is COC(=O)/C=C/c1c(C)nn(C(=O)c2c(Cl)cccc2Cl)c1C. The third-order valence-electron chi connectivity index (χ3n) is 3.30. The summed E-state index contributed by atoms with van der Waals surface area (Å²) in [5.41, 5.74) is 2.01. The molecule has 0 unspecified atom stereocenters. The number of esters is 1. The Bertz CT molecular complexity index is 790. The number of methoxy groups -OCH3 is 1. The zero-order valence-electron chi connectivity index (χ0n) is 12.8. The van der Waals surface area contributed by atoms with Crippen LogP contribution in [-0.2, 0) is 9.53 Å². The molecule has 5 nitrogen and oxygen atoms in total. The molecule has 2 rings (SSSR count). The van der Waals surface area contributed by atoms with E-state index in [4.69, 9.17) is 23.2 Å². The van der Waals surface area contributed by atoms with Crippen molar-refractivity contribution >= 4 is 41.2 Å². The average molecular weight is 353 g/mol. The van der Waals surface area contributed by atoms with E-state index < -0.39 is 11.9 Å². The number of carbonyl (C=O) groups excluding carboxylic acids is 2. The van der Waals surface area contributed by atoms with E-state index in [1.165, 1.54) is 17.9 Å². The van der Waals surface area contributed by atoms with Crippen molar-refractivity contribution in [3.8, 4) is 0 Å². The molecule has 120 valence electrons. The van der Waals surface area contributed by atoms with Gasteiger partial charge in [0.1, 0.15) is 0 Å². The second-order valence-electron chi connectivity index (χ2n) is 4.75. The maximum Gasteiger partial charge on any atom is 0.330 e. The molecule has 2 aromatic rings. The maximum atomic E-state index is 12.7. The van der Waals surface area contributed by atoms with Gasteiger partial charge in [0.25, 0.3) is 5.91 Å². The third kappa shape index (κ3) is 3.46. The summed E-state index contributed by atoms with van der Waals surface area (Å²) in [6.45, 7) is 3.46. The Hall–Kier alpha value is -2.11. The van der Waals surface area contributed by atoms with Gasteiger partial charge in [-0.15, -0.1) is 0 Å². The molecule has 7 heteroatoms. The normalized spacial score (nSPS) is 11.0. The topological polar surface area (TPSA) is 61.2 Å². The van der Waals surface area contributed by atoms with Crippen LogP contribution in [0.4, 0.5) is 0 Å². The van der Waals surface area contributed by atoms with Gasteiger partial charge < -0.3 is 4.74 Å². The van der Waals surface area contributed by atoms with E-state index in [2.05, 4.69) is 9.84 Å². The number of carbonyl (C=O) groups is 2. The molecule has 0 spiro atoms. The standard InChI is InChI=1S/C16H14Cl2N2O3/c1-9-11(7-8-14(21)23-3)10(2)20(19-9)16(22)15-12(17)5-4-6-13(15)18/h4-8H,1-3H3/b8-7+. The number of ether oxygens (including phenoxy) is 1. The number of benzene rings is 1. The van der Waals surface area contributed by atoms with Crippen LogP contribution in [0.2, 0.25) is 10.0 Å². The Morgan fingerprint density at radius 3 is 2.39 bits per heavy atom. The van der Waals surface area contributed by atoms with Crippen LogP contribution >= 0.6 is 23.2 Å². The molecule has 0 bridgehead atoms. The third-order valence-corrected chi connectivity index (χ3v) is 3.93. The second-order valence-corrected chi connectivity index (χ2v) is 5.57. The van der Waals surface area contributed by atoms with E-state index in [9.17, 15) is 9.59 Å². The van der Waals surface area contributed by atoms with Gasteiger partial charge in [-0.1, -0.05) is 29.3 Å². The molecule has 0 amide bonds. The molecule has 0 saturated carbocycles. The number of aryl methyl sites for hydroxylation is 1. The van der Waals surface area contributed by atoms with Crippen LogP contribution in [0.5, 0.6) is 0 Å². The average Bonchev–Trinajstić information content (AvgIpc) is 2.79. The van der Waals surface area contributed by atoms with E-state index in [1.54, 1.807) is 38.1 Å². The lowest BCUT2D eigenvalue weighted by molar-refractivity contribution is -0.134. The number of halogens is 2. The highest BCUT2D eigenvalue weighted by Crippen LogP contribution is 2.26. The van der Waals surface area contributed by atoms with Crippen LogP contribution in [0.3, 0.4) is 0 Å². The maximum absolute atomic E-state index is 12.7.